The minimum absolute atomic E-state index is 0.0210. The van der Waals surface area contributed by atoms with Crippen LogP contribution in [0.15, 0.2) is 48.5 Å². The largest absolute Gasteiger partial charge is 0.293 e. The van der Waals surface area contributed by atoms with Crippen LogP contribution in [0.3, 0.4) is 0 Å². The molecular weight excluding hydrogens is 315 g/mol. The molecule has 2 nitrogen and oxygen atoms in total. The van der Waals surface area contributed by atoms with Gasteiger partial charge in [-0.15, -0.1) is 0 Å². The van der Waals surface area contributed by atoms with E-state index in [4.69, 9.17) is 23.2 Å². The van der Waals surface area contributed by atoms with Gasteiger partial charge in [-0.25, -0.2) is 0 Å². The molecule has 0 spiro atoms. The molecule has 0 aliphatic carbocycles. The molecule has 0 saturated heterocycles. The first kappa shape index (κ1) is 15.2. The Morgan fingerprint density at radius 1 is 1.00 bits per heavy atom. The van der Waals surface area contributed by atoms with E-state index in [-0.39, 0.29) is 11.5 Å². The van der Waals surface area contributed by atoms with Gasteiger partial charge in [-0.05, 0) is 23.8 Å². The summed E-state index contributed by atoms with van der Waals surface area (Å²) in [6, 6.07) is 14.1. The molecule has 0 amide bonds. The third-order valence-electron chi connectivity index (χ3n) is 2.70. The van der Waals surface area contributed by atoms with Gasteiger partial charge in [0.15, 0.2) is 5.78 Å². The van der Waals surface area contributed by atoms with Crippen molar-refractivity contribution in [3.8, 4) is 0 Å². The Morgan fingerprint density at radius 2 is 1.70 bits per heavy atom. The van der Waals surface area contributed by atoms with Crippen LogP contribution in [-0.4, -0.2) is 15.7 Å². The highest BCUT2D eigenvalue weighted by molar-refractivity contribution is 7.85. The van der Waals surface area contributed by atoms with Crippen LogP contribution in [0.4, 0.5) is 0 Å². The third-order valence-corrected chi connectivity index (χ3v) is 4.68. The minimum atomic E-state index is -1.24. The van der Waals surface area contributed by atoms with Crippen LogP contribution in [-0.2, 0) is 16.6 Å². The Balaban J connectivity index is 2.00. The number of carbonyl (C=O) groups is 1. The molecule has 0 aliphatic rings. The number of ketones is 1. The molecule has 5 heteroatoms. The van der Waals surface area contributed by atoms with Crippen molar-refractivity contribution in [2.45, 2.75) is 5.75 Å². The second-order valence-corrected chi connectivity index (χ2v) is 6.54. The van der Waals surface area contributed by atoms with Crippen LogP contribution >= 0.6 is 23.2 Å². The van der Waals surface area contributed by atoms with E-state index in [2.05, 4.69) is 0 Å². The molecule has 0 heterocycles. The van der Waals surface area contributed by atoms with E-state index < -0.39 is 10.8 Å². The number of hydrogen-bond acceptors (Lipinski definition) is 2. The van der Waals surface area contributed by atoms with Crippen LogP contribution in [0.2, 0.25) is 10.0 Å². The lowest BCUT2D eigenvalue weighted by Crippen LogP contribution is -2.12. The standard InChI is InChI=1S/C15H12Cl2O2S/c16-13-7-6-12(8-14(13)17)15(18)10-20(19)9-11-4-2-1-3-5-11/h1-8H,9-10H2. The van der Waals surface area contributed by atoms with Gasteiger partial charge in [-0.1, -0.05) is 53.5 Å². The van der Waals surface area contributed by atoms with Crippen LogP contribution in [0.5, 0.6) is 0 Å². The summed E-state index contributed by atoms with van der Waals surface area (Å²) in [6.07, 6.45) is 0. The van der Waals surface area contributed by atoms with Crippen molar-refractivity contribution in [2.24, 2.45) is 0 Å². The van der Waals surface area contributed by atoms with Gasteiger partial charge in [-0.2, -0.15) is 0 Å². The lowest BCUT2D eigenvalue weighted by Gasteiger charge is -2.04. The van der Waals surface area contributed by atoms with E-state index in [0.29, 0.717) is 21.4 Å². The summed E-state index contributed by atoms with van der Waals surface area (Å²) >= 11 is 11.7. The molecule has 0 aromatic heterocycles. The molecule has 1 unspecified atom stereocenters. The Kier molecular flexibility index (Phi) is 5.35. The smallest absolute Gasteiger partial charge is 0.175 e. The molecule has 2 aromatic rings. The summed E-state index contributed by atoms with van der Waals surface area (Å²) in [5.41, 5.74) is 1.38. The van der Waals surface area contributed by atoms with Crippen molar-refractivity contribution in [1.29, 1.82) is 0 Å². The molecule has 0 fully saturated rings. The van der Waals surface area contributed by atoms with Crippen molar-refractivity contribution in [1.82, 2.24) is 0 Å². The normalized spacial score (nSPS) is 12.1. The number of Topliss-reactive ketones (excluding diaryl/α,β-unsaturated/α-hetero) is 1. The maximum absolute atomic E-state index is 12.0. The van der Waals surface area contributed by atoms with Crippen LogP contribution in [0.1, 0.15) is 15.9 Å². The fourth-order valence-electron chi connectivity index (χ4n) is 1.71. The van der Waals surface area contributed by atoms with Gasteiger partial charge in [-0.3, -0.25) is 9.00 Å². The maximum Gasteiger partial charge on any atom is 0.175 e. The first-order valence-electron chi connectivity index (χ1n) is 5.93. The highest BCUT2D eigenvalue weighted by Crippen LogP contribution is 2.23. The highest BCUT2D eigenvalue weighted by atomic mass is 35.5. The summed E-state index contributed by atoms with van der Waals surface area (Å²) in [5, 5.41) is 0.722. The van der Waals surface area contributed by atoms with Crippen LogP contribution in [0, 0.1) is 0 Å². The van der Waals surface area contributed by atoms with Gasteiger partial charge >= 0.3 is 0 Å². The topological polar surface area (TPSA) is 34.1 Å². The molecule has 0 bridgehead atoms. The molecular formula is C15H12Cl2O2S. The summed E-state index contributed by atoms with van der Waals surface area (Å²) in [7, 11) is -1.24. The van der Waals surface area contributed by atoms with E-state index in [1.165, 1.54) is 6.07 Å². The molecule has 0 radical (unpaired) electrons. The fourth-order valence-corrected chi connectivity index (χ4v) is 3.13. The predicted molar refractivity (Wildman–Crippen MR) is 83.9 cm³/mol. The maximum atomic E-state index is 12.0. The second kappa shape index (κ2) is 7.02. The summed E-state index contributed by atoms with van der Waals surface area (Å²) in [4.78, 5) is 12.0. The Bertz CT molecular complexity index is 642. The number of hydrogen-bond donors (Lipinski definition) is 0. The molecule has 0 aliphatic heterocycles. The average Bonchev–Trinajstić information content (AvgIpc) is 2.42. The average molecular weight is 327 g/mol. The molecule has 104 valence electrons. The van der Waals surface area contributed by atoms with E-state index in [0.717, 1.165) is 5.56 Å². The van der Waals surface area contributed by atoms with E-state index in [1.807, 2.05) is 30.3 Å². The van der Waals surface area contributed by atoms with Crippen molar-refractivity contribution in [2.75, 3.05) is 5.75 Å². The number of benzene rings is 2. The SMILES string of the molecule is O=C(CS(=O)Cc1ccccc1)c1ccc(Cl)c(Cl)c1. The zero-order chi connectivity index (χ0) is 14.5. The lowest BCUT2D eigenvalue weighted by atomic mass is 10.1. The number of carbonyl (C=O) groups excluding carboxylic acids is 1. The quantitative estimate of drug-likeness (QED) is 0.774. The summed E-state index contributed by atoms with van der Waals surface area (Å²) < 4.78 is 12.0. The van der Waals surface area contributed by atoms with E-state index in [1.54, 1.807) is 12.1 Å². The van der Waals surface area contributed by atoms with Crippen molar-refractivity contribution < 1.29 is 9.00 Å². The number of halogens is 2. The molecule has 2 rings (SSSR count). The first-order valence-corrected chi connectivity index (χ1v) is 8.18. The van der Waals surface area contributed by atoms with Crippen molar-refractivity contribution in [3.63, 3.8) is 0 Å². The lowest BCUT2D eigenvalue weighted by molar-refractivity contribution is 0.102. The van der Waals surface area contributed by atoms with Crippen molar-refractivity contribution in [3.05, 3.63) is 69.7 Å². The second-order valence-electron chi connectivity index (χ2n) is 4.27. The van der Waals surface area contributed by atoms with Gasteiger partial charge in [0, 0.05) is 22.1 Å². The fraction of sp³-hybridized carbons (Fsp3) is 0.133. The zero-order valence-corrected chi connectivity index (χ0v) is 12.8. The van der Waals surface area contributed by atoms with Gasteiger partial charge in [0.2, 0.25) is 0 Å². The minimum Gasteiger partial charge on any atom is -0.293 e. The highest BCUT2D eigenvalue weighted by Gasteiger charge is 2.12. The van der Waals surface area contributed by atoms with E-state index in [9.17, 15) is 9.00 Å². The first-order chi connectivity index (χ1) is 9.56. The van der Waals surface area contributed by atoms with Gasteiger partial charge in [0.25, 0.3) is 0 Å². The van der Waals surface area contributed by atoms with Crippen LogP contribution < -0.4 is 0 Å². The summed E-state index contributed by atoms with van der Waals surface area (Å²) in [6.45, 7) is 0. The Morgan fingerprint density at radius 3 is 2.35 bits per heavy atom. The molecule has 1 atom stereocenters. The molecule has 2 aromatic carbocycles. The van der Waals surface area contributed by atoms with Crippen LogP contribution in [0.25, 0.3) is 0 Å². The number of rotatable bonds is 5. The van der Waals surface area contributed by atoms with Gasteiger partial charge < -0.3 is 0 Å². The Labute approximate surface area is 130 Å². The molecule has 0 saturated carbocycles. The summed E-state index contributed by atoms with van der Waals surface area (Å²) in [5.74, 6) is 0.152. The predicted octanol–water partition coefficient (Wildman–Crippen LogP) is 4.13. The van der Waals surface area contributed by atoms with Gasteiger partial charge in [0.1, 0.15) is 0 Å². The monoisotopic (exact) mass is 326 g/mol. The molecule has 0 N–H and O–H groups in total. The third kappa shape index (κ3) is 4.17. The molecule has 20 heavy (non-hydrogen) atoms. The Hall–Kier alpha value is -1.16. The van der Waals surface area contributed by atoms with E-state index >= 15 is 0 Å². The van der Waals surface area contributed by atoms with Gasteiger partial charge in [0.05, 0.1) is 15.8 Å². The van der Waals surface area contributed by atoms with Crippen molar-refractivity contribution >= 4 is 39.8 Å². The zero-order valence-electron chi connectivity index (χ0n) is 10.5.